The van der Waals surface area contributed by atoms with E-state index in [9.17, 15) is 4.79 Å². The molecule has 0 aromatic carbocycles. The molecule has 0 aliphatic carbocycles. The highest BCUT2D eigenvalue weighted by Crippen LogP contribution is 2.15. The van der Waals surface area contributed by atoms with Crippen molar-refractivity contribution in [3.8, 4) is 0 Å². The molecule has 1 heterocycles. The zero-order valence-electron chi connectivity index (χ0n) is 12.2. The van der Waals surface area contributed by atoms with E-state index in [1.165, 1.54) is 0 Å². The average Bonchev–Trinajstić information content (AvgIpc) is 2.71. The van der Waals surface area contributed by atoms with Crippen LogP contribution in [0.25, 0.3) is 0 Å². The minimum absolute atomic E-state index is 0.0791. The van der Waals surface area contributed by atoms with Gasteiger partial charge in [-0.2, -0.15) is 0 Å². The maximum absolute atomic E-state index is 11.8. The predicted molar refractivity (Wildman–Crippen MR) is 74.5 cm³/mol. The van der Waals surface area contributed by atoms with Crippen LogP contribution in [0, 0.1) is 19.8 Å². The van der Waals surface area contributed by atoms with E-state index in [1.807, 2.05) is 13.8 Å². The number of hydrogen-bond donors (Lipinski definition) is 2. The van der Waals surface area contributed by atoms with Gasteiger partial charge in [-0.1, -0.05) is 18.5 Å². The van der Waals surface area contributed by atoms with E-state index >= 15 is 0 Å². The lowest BCUT2D eigenvalue weighted by molar-refractivity contribution is -0.121. The van der Waals surface area contributed by atoms with Crippen molar-refractivity contribution in [1.29, 1.82) is 0 Å². The quantitative estimate of drug-likeness (QED) is 0.755. The van der Waals surface area contributed by atoms with Gasteiger partial charge < -0.3 is 15.6 Å². The molecule has 1 aromatic heterocycles. The van der Waals surface area contributed by atoms with E-state index in [1.54, 1.807) is 0 Å². The first-order chi connectivity index (χ1) is 9.08. The van der Waals surface area contributed by atoms with Crippen LogP contribution < -0.4 is 11.1 Å². The summed E-state index contributed by atoms with van der Waals surface area (Å²) in [6.07, 6.45) is 3.53. The number of aryl methyl sites for hydroxylation is 2. The number of amides is 1. The first kappa shape index (κ1) is 15.7. The van der Waals surface area contributed by atoms with Crippen LogP contribution in [0.3, 0.4) is 0 Å². The summed E-state index contributed by atoms with van der Waals surface area (Å²) in [6.45, 7) is 7.07. The van der Waals surface area contributed by atoms with Crippen molar-refractivity contribution in [2.75, 3.05) is 6.54 Å². The molecule has 0 radical (unpaired) electrons. The van der Waals surface area contributed by atoms with Crippen LogP contribution in [-0.4, -0.2) is 17.6 Å². The summed E-state index contributed by atoms with van der Waals surface area (Å²) in [7, 11) is 0. The van der Waals surface area contributed by atoms with Gasteiger partial charge in [0, 0.05) is 18.5 Å². The average molecular weight is 267 g/mol. The molecule has 1 amide bonds. The van der Waals surface area contributed by atoms with E-state index in [4.69, 9.17) is 10.3 Å². The number of carbonyl (C=O) groups is 1. The maximum Gasteiger partial charge on any atom is 0.220 e. The van der Waals surface area contributed by atoms with Crippen LogP contribution in [-0.2, 0) is 11.3 Å². The molecule has 5 nitrogen and oxygen atoms in total. The van der Waals surface area contributed by atoms with Crippen LogP contribution in [0.4, 0.5) is 0 Å². The van der Waals surface area contributed by atoms with E-state index in [0.717, 1.165) is 36.3 Å². The third kappa shape index (κ3) is 5.03. The molecule has 5 heteroatoms. The van der Waals surface area contributed by atoms with Crippen molar-refractivity contribution in [3.63, 3.8) is 0 Å². The van der Waals surface area contributed by atoms with Crippen molar-refractivity contribution < 1.29 is 9.32 Å². The fourth-order valence-electron chi connectivity index (χ4n) is 2.15. The summed E-state index contributed by atoms with van der Waals surface area (Å²) in [4.78, 5) is 11.8. The Labute approximate surface area is 114 Å². The smallest absolute Gasteiger partial charge is 0.220 e. The van der Waals surface area contributed by atoms with Crippen molar-refractivity contribution in [2.45, 2.75) is 53.0 Å². The Bertz CT molecular complexity index is 382. The van der Waals surface area contributed by atoms with Gasteiger partial charge in [-0.3, -0.25) is 4.79 Å². The van der Waals surface area contributed by atoms with E-state index in [0.29, 0.717) is 25.4 Å². The van der Waals surface area contributed by atoms with Gasteiger partial charge in [0.05, 0.1) is 5.69 Å². The van der Waals surface area contributed by atoms with Gasteiger partial charge in [-0.15, -0.1) is 0 Å². The molecule has 0 saturated carbocycles. The molecule has 0 saturated heterocycles. The number of nitrogens with two attached hydrogens (primary N) is 1. The Morgan fingerprint density at radius 1 is 1.42 bits per heavy atom. The zero-order chi connectivity index (χ0) is 14.3. The third-order valence-electron chi connectivity index (χ3n) is 3.58. The molecule has 1 aromatic rings. The summed E-state index contributed by atoms with van der Waals surface area (Å²) in [5.41, 5.74) is 7.36. The second-order valence-corrected chi connectivity index (χ2v) is 4.97. The van der Waals surface area contributed by atoms with Crippen LogP contribution >= 0.6 is 0 Å². The second kappa shape index (κ2) is 7.94. The Hall–Kier alpha value is -1.36. The van der Waals surface area contributed by atoms with Gasteiger partial charge in [0.15, 0.2) is 0 Å². The minimum atomic E-state index is 0.0791. The SMILES string of the molecule is CCC(CCN)CCC(=O)NCc1c(C)noc1C. The lowest BCUT2D eigenvalue weighted by atomic mass is 9.96. The molecule has 0 fully saturated rings. The molecular weight excluding hydrogens is 242 g/mol. The summed E-state index contributed by atoms with van der Waals surface area (Å²) in [6, 6.07) is 0. The van der Waals surface area contributed by atoms with Gasteiger partial charge in [-0.25, -0.2) is 0 Å². The van der Waals surface area contributed by atoms with Crippen LogP contribution in [0.5, 0.6) is 0 Å². The first-order valence-electron chi connectivity index (χ1n) is 6.97. The summed E-state index contributed by atoms with van der Waals surface area (Å²) < 4.78 is 5.06. The number of nitrogens with one attached hydrogen (secondary N) is 1. The van der Waals surface area contributed by atoms with Crippen molar-refractivity contribution >= 4 is 5.91 Å². The van der Waals surface area contributed by atoms with Gasteiger partial charge >= 0.3 is 0 Å². The monoisotopic (exact) mass is 267 g/mol. The lowest BCUT2D eigenvalue weighted by Crippen LogP contribution is -2.24. The highest BCUT2D eigenvalue weighted by atomic mass is 16.5. The number of nitrogens with zero attached hydrogens (tertiary/aromatic N) is 1. The van der Waals surface area contributed by atoms with Crippen LogP contribution in [0.15, 0.2) is 4.52 Å². The predicted octanol–water partition coefficient (Wildman–Crippen LogP) is 2.06. The molecule has 108 valence electrons. The summed E-state index contributed by atoms with van der Waals surface area (Å²) >= 11 is 0. The van der Waals surface area contributed by atoms with Gasteiger partial charge in [0.25, 0.3) is 0 Å². The Kier molecular flexibility index (Phi) is 6.56. The first-order valence-corrected chi connectivity index (χ1v) is 6.97. The Morgan fingerprint density at radius 2 is 2.16 bits per heavy atom. The molecule has 0 aliphatic heterocycles. The Morgan fingerprint density at radius 3 is 2.68 bits per heavy atom. The standard InChI is InChI=1S/C14H25N3O2/c1-4-12(7-8-15)5-6-14(18)16-9-13-10(2)17-19-11(13)3/h12H,4-9,15H2,1-3H3,(H,16,18). The largest absolute Gasteiger partial charge is 0.361 e. The molecule has 0 aliphatic rings. The molecule has 1 atom stereocenters. The lowest BCUT2D eigenvalue weighted by Gasteiger charge is -2.13. The second-order valence-electron chi connectivity index (χ2n) is 4.97. The normalized spacial score (nSPS) is 12.4. The number of hydrogen-bond acceptors (Lipinski definition) is 4. The minimum Gasteiger partial charge on any atom is -0.361 e. The maximum atomic E-state index is 11.8. The van der Waals surface area contributed by atoms with E-state index in [2.05, 4.69) is 17.4 Å². The highest BCUT2D eigenvalue weighted by molar-refractivity contribution is 5.75. The summed E-state index contributed by atoms with van der Waals surface area (Å²) in [5.74, 6) is 1.40. The molecule has 1 rings (SSSR count). The van der Waals surface area contributed by atoms with Gasteiger partial charge in [-0.05, 0) is 39.2 Å². The van der Waals surface area contributed by atoms with Crippen molar-refractivity contribution in [1.82, 2.24) is 10.5 Å². The summed E-state index contributed by atoms with van der Waals surface area (Å²) in [5, 5.41) is 6.78. The number of aromatic nitrogens is 1. The molecule has 0 spiro atoms. The van der Waals surface area contributed by atoms with Gasteiger partial charge in [0.1, 0.15) is 5.76 Å². The molecule has 19 heavy (non-hydrogen) atoms. The topological polar surface area (TPSA) is 81.2 Å². The molecule has 0 bridgehead atoms. The molecule has 3 N–H and O–H groups in total. The van der Waals surface area contributed by atoms with Crippen LogP contribution in [0.1, 0.15) is 49.6 Å². The zero-order valence-corrected chi connectivity index (χ0v) is 12.2. The fourth-order valence-corrected chi connectivity index (χ4v) is 2.15. The van der Waals surface area contributed by atoms with Crippen molar-refractivity contribution in [3.05, 3.63) is 17.0 Å². The van der Waals surface area contributed by atoms with E-state index < -0.39 is 0 Å². The molecular formula is C14H25N3O2. The number of carbonyl (C=O) groups excluding carboxylic acids is 1. The van der Waals surface area contributed by atoms with Crippen LogP contribution in [0.2, 0.25) is 0 Å². The fraction of sp³-hybridized carbons (Fsp3) is 0.714. The van der Waals surface area contributed by atoms with Gasteiger partial charge in [0.2, 0.25) is 5.91 Å². The number of rotatable bonds is 8. The Balaban J connectivity index is 2.32. The highest BCUT2D eigenvalue weighted by Gasteiger charge is 2.12. The van der Waals surface area contributed by atoms with Crippen molar-refractivity contribution in [2.24, 2.45) is 11.7 Å². The van der Waals surface area contributed by atoms with E-state index in [-0.39, 0.29) is 5.91 Å². The third-order valence-corrected chi connectivity index (χ3v) is 3.58. The molecule has 1 unspecified atom stereocenters.